The van der Waals surface area contributed by atoms with Crippen LogP contribution < -0.4 is 4.74 Å². The molecule has 0 fully saturated rings. The summed E-state index contributed by atoms with van der Waals surface area (Å²) in [5.74, 6) is 0.452. The number of aliphatic hydroxyl groups excluding tert-OH is 1. The maximum absolute atomic E-state index is 9.95. The van der Waals surface area contributed by atoms with Crippen molar-refractivity contribution in [1.82, 2.24) is 15.0 Å². The first-order chi connectivity index (χ1) is 7.79. The Balaban J connectivity index is 2.11. The molecule has 0 aromatic carbocycles. The predicted molar refractivity (Wildman–Crippen MR) is 59.4 cm³/mol. The van der Waals surface area contributed by atoms with E-state index in [1.165, 1.54) is 24.8 Å². The van der Waals surface area contributed by atoms with Crippen molar-refractivity contribution >= 4 is 11.3 Å². The predicted octanol–water partition coefficient (Wildman–Crippen LogP) is 1.22. The fourth-order valence-corrected chi connectivity index (χ4v) is 1.92. The zero-order chi connectivity index (χ0) is 11.4. The average molecular weight is 237 g/mol. The van der Waals surface area contributed by atoms with Gasteiger partial charge >= 0.3 is 0 Å². The summed E-state index contributed by atoms with van der Waals surface area (Å²) in [6, 6.07) is 1.63. The summed E-state index contributed by atoms with van der Waals surface area (Å²) >= 11 is 1.51. The van der Waals surface area contributed by atoms with Crippen molar-refractivity contribution in [3.8, 4) is 5.88 Å². The minimum atomic E-state index is -0.655. The van der Waals surface area contributed by atoms with Gasteiger partial charge in [-0.25, -0.2) is 9.97 Å². The van der Waals surface area contributed by atoms with Crippen LogP contribution in [0.2, 0.25) is 0 Å². The van der Waals surface area contributed by atoms with Crippen LogP contribution in [0.5, 0.6) is 5.88 Å². The zero-order valence-corrected chi connectivity index (χ0v) is 9.52. The molecule has 2 rings (SSSR count). The van der Waals surface area contributed by atoms with Gasteiger partial charge in [-0.15, -0.1) is 11.3 Å². The monoisotopic (exact) mass is 237 g/mol. The Morgan fingerprint density at radius 3 is 3.06 bits per heavy atom. The third kappa shape index (κ3) is 2.53. The number of aromatic nitrogens is 3. The maximum Gasteiger partial charge on any atom is 0.216 e. The van der Waals surface area contributed by atoms with E-state index in [2.05, 4.69) is 15.0 Å². The summed E-state index contributed by atoms with van der Waals surface area (Å²) < 4.78 is 4.97. The molecular formula is C10H11N3O2S. The number of nitrogens with zero attached hydrogens (tertiary/aromatic N) is 3. The number of thiazole rings is 1. The van der Waals surface area contributed by atoms with Crippen LogP contribution in [-0.4, -0.2) is 27.2 Å². The van der Waals surface area contributed by atoms with Gasteiger partial charge in [-0.1, -0.05) is 0 Å². The summed E-state index contributed by atoms with van der Waals surface area (Å²) in [7, 11) is 1.53. The van der Waals surface area contributed by atoms with Crippen molar-refractivity contribution in [3.63, 3.8) is 0 Å². The van der Waals surface area contributed by atoms with Gasteiger partial charge in [0, 0.05) is 23.6 Å². The summed E-state index contributed by atoms with van der Waals surface area (Å²) in [5, 5.41) is 9.95. The Kier molecular flexibility index (Phi) is 3.43. The molecule has 0 aliphatic carbocycles. The van der Waals surface area contributed by atoms with E-state index >= 15 is 0 Å². The molecule has 2 aromatic heterocycles. The SMILES string of the molecule is COc1cc(C(O)Cc2cncs2)ncn1. The Hall–Kier alpha value is -1.53. The third-order valence-corrected chi connectivity index (χ3v) is 2.89. The lowest BCUT2D eigenvalue weighted by molar-refractivity contribution is 0.173. The van der Waals surface area contributed by atoms with Crippen LogP contribution in [0.1, 0.15) is 16.7 Å². The van der Waals surface area contributed by atoms with Gasteiger partial charge in [-0.2, -0.15) is 0 Å². The van der Waals surface area contributed by atoms with E-state index in [0.717, 1.165) is 4.88 Å². The number of hydrogen-bond donors (Lipinski definition) is 1. The Labute approximate surface area is 96.8 Å². The first-order valence-corrected chi connectivity index (χ1v) is 5.59. The fourth-order valence-electron chi connectivity index (χ4n) is 1.29. The quantitative estimate of drug-likeness (QED) is 0.865. The van der Waals surface area contributed by atoms with E-state index in [0.29, 0.717) is 18.0 Å². The van der Waals surface area contributed by atoms with Crippen molar-refractivity contribution in [3.05, 3.63) is 34.7 Å². The van der Waals surface area contributed by atoms with Gasteiger partial charge in [0.1, 0.15) is 12.4 Å². The Morgan fingerprint density at radius 1 is 1.50 bits per heavy atom. The Morgan fingerprint density at radius 2 is 2.38 bits per heavy atom. The van der Waals surface area contributed by atoms with E-state index in [1.807, 2.05) is 0 Å². The second-order valence-corrected chi connectivity index (χ2v) is 4.14. The highest BCUT2D eigenvalue weighted by Gasteiger charge is 2.12. The smallest absolute Gasteiger partial charge is 0.216 e. The molecule has 0 amide bonds. The standard InChI is InChI=1S/C10H11N3O2S/c1-15-10-3-8(12-5-13-10)9(14)2-7-4-11-6-16-7/h3-6,9,14H,2H2,1H3. The van der Waals surface area contributed by atoms with Crippen LogP contribution in [-0.2, 0) is 6.42 Å². The molecule has 0 bridgehead atoms. The molecule has 0 radical (unpaired) electrons. The molecule has 0 spiro atoms. The number of aliphatic hydroxyl groups is 1. The number of ether oxygens (including phenoxy) is 1. The molecule has 2 heterocycles. The van der Waals surface area contributed by atoms with Crippen LogP contribution in [0.4, 0.5) is 0 Å². The molecule has 0 aliphatic rings. The topological polar surface area (TPSA) is 68.1 Å². The molecule has 0 saturated carbocycles. The molecule has 2 aromatic rings. The lowest BCUT2D eigenvalue weighted by Crippen LogP contribution is -2.04. The second kappa shape index (κ2) is 5.00. The van der Waals surface area contributed by atoms with Crippen LogP contribution in [0.25, 0.3) is 0 Å². The average Bonchev–Trinajstić information content (AvgIpc) is 2.82. The van der Waals surface area contributed by atoms with Crippen molar-refractivity contribution in [1.29, 1.82) is 0 Å². The van der Waals surface area contributed by atoms with Crippen LogP contribution in [0, 0.1) is 0 Å². The minimum absolute atomic E-state index is 0.452. The van der Waals surface area contributed by atoms with Gasteiger partial charge in [0.15, 0.2) is 0 Å². The van der Waals surface area contributed by atoms with Crippen LogP contribution in [0.3, 0.4) is 0 Å². The first-order valence-electron chi connectivity index (χ1n) is 4.71. The molecule has 0 saturated heterocycles. The normalized spacial score (nSPS) is 12.4. The van der Waals surface area contributed by atoms with Crippen LogP contribution in [0.15, 0.2) is 24.1 Å². The molecule has 5 nitrogen and oxygen atoms in total. The minimum Gasteiger partial charge on any atom is -0.481 e. The van der Waals surface area contributed by atoms with E-state index in [-0.39, 0.29) is 0 Å². The summed E-state index contributed by atoms with van der Waals surface area (Å²) in [6.07, 6.45) is 2.97. The molecule has 6 heteroatoms. The zero-order valence-electron chi connectivity index (χ0n) is 8.70. The van der Waals surface area contributed by atoms with E-state index < -0.39 is 6.10 Å². The van der Waals surface area contributed by atoms with E-state index in [9.17, 15) is 5.11 Å². The molecular weight excluding hydrogens is 226 g/mol. The van der Waals surface area contributed by atoms with Crippen LogP contribution >= 0.6 is 11.3 Å². The number of methoxy groups -OCH3 is 1. The van der Waals surface area contributed by atoms with Gasteiger partial charge < -0.3 is 9.84 Å². The van der Waals surface area contributed by atoms with Gasteiger partial charge in [0.25, 0.3) is 0 Å². The number of rotatable bonds is 4. The largest absolute Gasteiger partial charge is 0.481 e. The second-order valence-electron chi connectivity index (χ2n) is 3.17. The van der Waals surface area contributed by atoms with Gasteiger partial charge in [-0.05, 0) is 0 Å². The fraction of sp³-hybridized carbons (Fsp3) is 0.300. The molecule has 84 valence electrons. The highest BCUT2D eigenvalue weighted by molar-refractivity contribution is 7.09. The molecule has 0 aliphatic heterocycles. The lowest BCUT2D eigenvalue weighted by Gasteiger charge is -2.08. The van der Waals surface area contributed by atoms with Gasteiger partial charge in [0.2, 0.25) is 5.88 Å². The van der Waals surface area contributed by atoms with E-state index in [1.54, 1.807) is 17.8 Å². The summed E-state index contributed by atoms with van der Waals surface area (Å²) in [6.45, 7) is 0. The maximum atomic E-state index is 9.95. The molecule has 16 heavy (non-hydrogen) atoms. The van der Waals surface area contributed by atoms with Gasteiger partial charge in [-0.3, -0.25) is 4.98 Å². The van der Waals surface area contributed by atoms with Crippen molar-refractivity contribution in [2.45, 2.75) is 12.5 Å². The third-order valence-electron chi connectivity index (χ3n) is 2.09. The highest BCUT2D eigenvalue weighted by Crippen LogP contribution is 2.20. The molecule has 1 N–H and O–H groups in total. The van der Waals surface area contributed by atoms with E-state index in [4.69, 9.17) is 4.74 Å². The van der Waals surface area contributed by atoms with Crippen molar-refractivity contribution in [2.24, 2.45) is 0 Å². The van der Waals surface area contributed by atoms with Crippen molar-refractivity contribution < 1.29 is 9.84 Å². The summed E-state index contributed by atoms with van der Waals surface area (Å²) in [4.78, 5) is 12.9. The van der Waals surface area contributed by atoms with Gasteiger partial charge in [0.05, 0.1) is 18.3 Å². The molecule has 1 unspecified atom stereocenters. The number of hydrogen-bond acceptors (Lipinski definition) is 6. The Bertz CT molecular complexity index is 447. The molecule has 1 atom stereocenters. The highest BCUT2D eigenvalue weighted by atomic mass is 32.1. The first kappa shape index (κ1) is 11.0. The lowest BCUT2D eigenvalue weighted by atomic mass is 10.1. The summed E-state index contributed by atoms with van der Waals surface area (Å²) in [5.41, 5.74) is 2.29. The van der Waals surface area contributed by atoms with Crippen molar-refractivity contribution in [2.75, 3.05) is 7.11 Å².